The highest BCUT2D eigenvalue weighted by Gasteiger charge is 2.25. The van der Waals surface area contributed by atoms with Crippen molar-refractivity contribution in [2.45, 2.75) is 38.2 Å². The number of benzene rings is 1. The molecule has 3 rings (SSSR count). The molecule has 1 saturated heterocycles. The lowest BCUT2D eigenvalue weighted by atomic mass is 10.1. The zero-order valence-corrected chi connectivity index (χ0v) is 15.7. The number of likely N-dealkylation sites (tertiary alicyclic amines) is 1. The molecule has 1 aromatic heterocycles. The van der Waals surface area contributed by atoms with Crippen molar-refractivity contribution in [1.29, 1.82) is 0 Å². The summed E-state index contributed by atoms with van der Waals surface area (Å²) >= 11 is 3.31. The summed E-state index contributed by atoms with van der Waals surface area (Å²) in [6.07, 6.45) is 7.56. The monoisotopic (exact) mass is 403 g/mol. The van der Waals surface area contributed by atoms with Crippen LogP contribution in [0.4, 0.5) is 0 Å². The van der Waals surface area contributed by atoms with Gasteiger partial charge in [-0.2, -0.15) is 0 Å². The highest BCUT2D eigenvalue weighted by molar-refractivity contribution is 9.10. The van der Waals surface area contributed by atoms with Gasteiger partial charge in [-0.15, -0.1) is 0 Å². The Hall–Kier alpha value is -1.95. The highest BCUT2D eigenvalue weighted by Crippen LogP contribution is 2.17. The second kappa shape index (κ2) is 8.94. The molecule has 6 heteroatoms. The molecular weight excluding hydrogens is 382 g/mol. The molecule has 0 bridgehead atoms. The van der Waals surface area contributed by atoms with Gasteiger partial charge in [0, 0.05) is 25.4 Å². The van der Waals surface area contributed by atoms with Crippen LogP contribution in [0.2, 0.25) is 0 Å². The molecule has 0 spiro atoms. The van der Waals surface area contributed by atoms with Crippen molar-refractivity contribution in [3.63, 3.8) is 0 Å². The predicted molar refractivity (Wildman–Crippen MR) is 99.3 cm³/mol. The Labute approximate surface area is 156 Å². The molecule has 5 nitrogen and oxygen atoms in total. The Morgan fingerprint density at radius 2 is 2.00 bits per heavy atom. The van der Waals surface area contributed by atoms with Gasteiger partial charge in [-0.25, -0.2) is 9.97 Å². The summed E-state index contributed by atoms with van der Waals surface area (Å²) in [5.41, 5.74) is 1.28. The van der Waals surface area contributed by atoms with E-state index >= 15 is 0 Å². The summed E-state index contributed by atoms with van der Waals surface area (Å²) < 4.78 is 6.65. The number of hydrogen-bond donors (Lipinski definition) is 0. The molecule has 25 heavy (non-hydrogen) atoms. The molecule has 0 saturated carbocycles. The van der Waals surface area contributed by atoms with E-state index in [0.29, 0.717) is 19.0 Å². The van der Waals surface area contributed by atoms with Gasteiger partial charge in [0.1, 0.15) is 6.10 Å². The fourth-order valence-electron chi connectivity index (χ4n) is 3.02. The summed E-state index contributed by atoms with van der Waals surface area (Å²) in [4.78, 5) is 22.7. The molecule has 1 fully saturated rings. The normalized spacial score (nSPS) is 17.3. The average Bonchev–Trinajstić information content (AvgIpc) is 2.65. The Balaban J connectivity index is 1.45. The minimum atomic E-state index is -0.0343. The van der Waals surface area contributed by atoms with Gasteiger partial charge in [0.25, 0.3) is 0 Å². The summed E-state index contributed by atoms with van der Waals surface area (Å²) in [5, 5.41) is 0. The first-order chi connectivity index (χ1) is 12.2. The SMILES string of the molecule is O=C(CCCc1ccccc1)N1CCCC(Oc2ncc(Br)cn2)C1. The van der Waals surface area contributed by atoms with Crippen LogP contribution >= 0.6 is 15.9 Å². The molecule has 1 aliphatic heterocycles. The third kappa shape index (κ3) is 5.53. The molecule has 2 aromatic rings. The van der Waals surface area contributed by atoms with E-state index in [1.807, 2.05) is 23.1 Å². The maximum Gasteiger partial charge on any atom is 0.316 e. The number of rotatable bonds is 6. The molecular formula is C19H22BrN3O2. The van der Waals surface area contributed by atoms with E-state index in [-0.39, 0.29) is 12.0 Å². The number of carbonyl (C=O) groups is 1. The average molecular weight is 404 g/mol. The van der Waals surface area contributed by atoms with Crippen LogP contribution in [-0.4, -0.2) is 40.0 Å². The molecule has 1 aromatic carbocycles. The maximum atomic E-state index is 12.5. The Kier molecular flexibility index (Phi) is 6.39. The molecule has 0 radical (unpaired) electrons. The van der Waals surface area contributed by atoms with Gasteiger partial charge >= 0.3 is 6.01 Å². The van der Waals surface area contributed by atoms with Gasteiger partial charge in [0.05, 0.1) is 11.0 Å². The Morgan fingerprint density at radius 1 is 1.24 bits per heavy atom. The first-order valence-electron chi connectivity index (χ1n) is 8.66. The standard InChI is InChI=1S/C19H22BrN3O2/c20-16-12-21-19(22-13-16)25-17-9-5-11-23(14-17)18(24)10-4-8-15-6-2-1-3-7-15/h1-3,6-7,12-13,17H,4-5,8-11,14H2. The highest BCUT2D eigenvalue weighted by atomic mass is 79.9. The summed E-state index contributed by atoms with van der Waals surface area (Å²) in [7, 11) is 0. The first kappa shape index (κ1) is 17.9. The lowest BCUT2D eigenvalue weighted by Gasteiger charge is -2.32. The van der Waals surface area contributed by atoms with Crippen molar-refractivity contribution in [2.75, 3.05) is 13.1 Å². The zero-order chi connectivity index (χ0) is 17.5. The molecule has 1 aliphatic rings. The molecule has 1 atom stereocenters. The Bertz CT molecular complexity index is 679. The number of amides is 1. The number of aryl methyl sites for hydroxylation is 1. The van der Waals surface area contributed by atoms with E-state index in [1.54, 1.807) is 12.4 Å². The predicted octanol–water partition coefficient (Wildman–Crippen LogP) is 3.63. The van der Waals surface area contributed by atoms with Crippen LogP contribution in [-0.2, 0) is 11.2 Å². The number of halogens is 1. The van der Waals surface area contributed by atoms with Gasteiger partial charge in [-0.05, 0) is 47.2 Å². The lowest BCUT2D eigenvalue weighted by Crippen LogP contribution is -2.44. The van der Waals surface area contributed by atoms with Gasteiger partial charge < -0.3 is 9.64 Å². The largest absolute Gasteiger partial charge is 0.458 e. The van der Waals surface area contributed by atoms with E-state index in [9.17, 15) is 4.79 Å². The van der Waals surface area contributed by atoms with Crippen molar-refractivity contribution in [3.8, 4) is 6.01 Å². The fourth-order valence-corrected chi connectivity index (χ4v) is 3.22. The number of hydrogen-bond acceptors (Lipinski definition) is 4. The number of carbonyl (C=O) groups excluding carboxylic acids is 1. The number of piperidine rings is 1. The number of nitrogens with zero attached hydrogens (tertiary/aromatic N) is 3. The molecule has 1 unspecified atom stereocenters. The minimum Gasteiger partial charge on any atom is -0.458 e. The third-order valence-corrected chi connectivity index (χ3v) is 4.71. The first-order valence-corrected chi connectivity index (χ1v) is 9.46. The maximum absolute atomic E-state index is 12.5. The van der Waals surface area contributed by atoms with Crippen LogP contribution in [0.3, 0.4) is 0 Å². The van der Waals surface area contributed by atoms with Gasteiger partial charge in [-0.3, -0.25) is 4.79 Å². The fraction of sp³-hybridized carbons (Fsp3) is 0.421. The third-order valence-electron chi connectivity index (χ3n) is 4.30. The summed E-state index contributed by atoms with van der Waals surface area (Å²) in [5.74, 6) is 0.209. The van der Waals surface area contributed by atoms with E-state index in [0.717, 1.165) is 36.7 Å². The molecule has 1 amide bonds. The van der Waals surface area contributed by atoms with Crippen molar-refractivity contribution < 1.29 is 9.53 Å². The lowest BCUT2D eigenvalue weighted by molar-refractivity contribution is -0.134. The van der Waals surface area contributed by atoms with Crippen molar-refractivity contribution in [2.24, 2.45) is 0 Å². The van der Waals surface area contributed by atoms with Crippen LogP contribution in [0.15, 0.2) is 47.2 Å². The molecule has 0 aliphatic carbocycles. The van der Waals surface area contributed by atoms with E-state index in [4.69, 9.17) is 4.74 Å². The smallest absolute Gasteiger partial charge is 0.316 e. The van der Waals surface area contributed by atoms with E-state index in [1.165, 1.54) is 5.56 Å². The zero-order valence-electron chi connectivity index (χ0n) is 14.1. The van der Waals surface area contributed by atoms with E-state index in [2.05, 4.69) is 38.0 Å². The minimum absolute atomic E-state index is 0.0343. The second-order valence-corrected chi connectivity index (χ2v) is 7.16. The van der Waals surface area contributed by atoms with Crippen molar-refractivity contribution >= 4 is 21.8 Å². The molecule has 0 N–H and O–H groups in total. The number of aromatic nitrogens is 2. The van der Waals surface area contributed by atoms with Crippen molar-refractivity contribution in [1.82, 2.24) is 14.9 Å². The molecule has 132 valence electrons. The quantitative estimate of drug-likeness (QED) is 0.738. The number of ether oxygens (including phenoxy) is 1. The van der Waals surface area contributed by atoms with Crippen LogP contribution in [0.5, 0.6) is 6.01 Å². The van der Waals surface area contributed by atoms with Gasteiger partial charge in [0.2, 0.25) is 5.91 Å². The van der Waals surface area contributed by atoms with Crippen LogP contribution in [0.25, 0.3) is 0 Å². The van der Waals surface area contributed by atoms with Crippen LogP contribution < -0.4 is 4.74 Å². The van der Waals surface area contributed by atoms with Gasteiger partial charge in [0.15, 0.2) is 0 Å². The molecule has 2 heterocycles. The van der Waals surface area contributed by atoms with Gasteiger partial charge in [-0.1, -0.05) is 30.3 Å². The summed E-state index contributed by atoms with van der Waals surface area (Å²) in [6, 6.07) is 10.7. The van der Waals surface area contributed by atoms with E-state index < -0.39 is 0 Å². The summed E-state index contributed by atoms with van der Waals surface area (Å²) in [6.45, 7) is 1.43. The second-order valence-electron chi connectivity index (χ2n) is 6.24. The van der Waals surface area contributed by atoms with Crippen molar-refractivity contribution in [3.05, 3.63) is 52.8 Å². The van der Waals surface area contributed by atoms with Crippen LogP contribution in [0.1, 0.15) is 31.2 Å². The topological polar surface area (TPSA) is 55.3 Å². The Morgan fingerprint density at radius 3 is 2.76 bits per heavy atom. The van der Waals surface area contributed by atoms with Crippen LogP contribution in [0, 0.1) is 0 Å².